The van der Waals surface area contributed by atoms with Gasteiger partial charge in [-0.1, -0.05) is 90.9 Å². The van der Waals surface area contributed by atoms with Crippen LogP contribution < -0.4 is 0 Å². The number of rotatable bonds is 15. The van der Waals surface area contributed by atoms with Crippen LogP contribution >= 0.6 is 0 Å². The Hall–Kier alpha value is -0.530. The highest BCUT2D eigenvalue weighted by Gasteiger charge is 1.98. The van der Waals surface area contributed by atoms with Crippen molar-refractivity contribution in [1.29, 1.82) is 0 Å². The van der Waals surface area contributed by atoms with Crippen molar-refractivity contribution in [2.75, 3.05) is 6.61 Å². The summed E-state index contributed by atoms with van der Waals surface area (Å²) in [5.41, 5.74) is 0. The lowest BCUT2D eigenvalue weighted by atomic mass is 9.99. The van der Waals surface area contributed by atoms with Crippen molar-refractivity contribution in [3.8, 4) is 0 Å². The molecule has 0 rings (SSSR count). The SMILES string of the molecule is CC[C@@H](C)CCCCCCCCCCCCCOC(C)=O. The van der Waals surface area contributed by atoms with Crippen LogP contribution in [0.4, 0.5) is 0 Å². The van der Waals surface area contributed by atoms with Gasteiger partial charge in [-0.2, -0.15) is 0 Å². The number of esters is 1. The smallest absolute Gasteiger partial charge is 0.302 e. The molecule has 0 heterocycles. The zero-order valence-corrected chi connectivity index (χ0v) is 14.8. The summed E-state index contributed by atoms with van der Waals surface area (Å²) in [5, 5.41) is 0. The van der Waals surface area contributed by atoms with Crippen LogP contribution in [0.25, 0.3) is 0 Å². The quantitative estimate of drug-likeness (QED) is 0.263. The molecule has 0 aliphatic heterocycles. The summed E-state index contributed by atoms with van der Waals surface area (Å²) in [7, 11) is 0. The lowest BCUT2D eigenvalue weighted by Gasteiger charge is -2.07. The molecule has 21 heavy (non-hydrogen) atoms. The summed E-state index contributed by atoms with van der Waals surface area (Å²) in [6.45, 7) is 6.74. The van der Waals surface area contributed by atoms with Crippen molar-refractivity contribution in [1.82, 2.24) is 0 Å². The minimum absolute atomic E-state index is 0.154. The fraction of sp³-hybridized carbons (Fsp3) is 0.947. The van der Waals surface area contributed by atoms with E-state index in [-0.39, 0.29) is 5.97 Å². The molecule has 0 unspecified atom stereocenters. The highest BCUT2D eigenvalue weighted by atomic mass is 16.5. The van der Waals surface area contributed by atoms with Crippen molar-refractivity contribution in [3.63, 3.8) is 0 Å². The van der Waals surface area contributed by atoms with E-state index in [1.807, 2.05) is 0 Å². The Morgan fingerprint density at radius 3 is 1.67 bits per heavy atom. The van der Waals surface area contributed by atoms with E-state index in [0.717, 1.165) is 12.3 Å². The molecule has 0 aromatic carbocycles. The molecule has 126 valence electrons. The van der Waals surface area contributed by atoms with Gasteiger partial charge in [-0.05, 0) is 12.3 Å². The van der Waals surface area contributed by atoms with Crippen LogP contribution in [0.5, 0.6) is 0 Å². The molecule has 0 amide bonds. The van der Waals surface area contributed by atoms with Crippen molar-refractivity contribution in [3.05, 3.63) is 0 Å². The molecule has 1 atom stereocenters. The predicted octanol–water partition coefficient (Wildman–Crippen LogP) is 6.28. The third-order valence-electron chi connectivity index (χ3n) is 4.34. The molecular weight excluding hydrogens is 260 g/mol. The molecule has 0 radical (unpaired) electrons. The highest BCUT2D eigenvalue weighted by Crippen LogP contribution is 2.15. The van der Waals surface area contributed by atoms with Gasteiger partial charge in [-0.15, -0.1) is 0 Å². The standard InChI is InChI=1S/C19H38O2/c1-4-18(2)16-14-12-10-8-6-5-7-9-11-13-15-17-21-19(3)20/h18H,4-17H2,1-3H3/t18-/m1/s1. The third kappa shape index (κ3) is 17.4. The van der Waals surface area contributed by atoms with Crippen LogP contribution in [0.3, 0.4) is 0 Å². The maximum Gasteiger partial charge on any atom is 0.302 e. The first-order valence-electron chi connectivity index (χ1n) is 9.30. The van der Waals surface area contributed by atoms with E-state index in [1.54, 1.807) is 0 Å². The van der Waals surface area contributed by atoms with Gasteiger partial charge in [0, 0.05) is 6.92 Å². The zero-order chi connectivity index (χ0) is 15.8. The first-order valence-corrected chi connectivity index (χ1v) is 9.30. The minimum atomic E-state index is -0.154. The molecular formula is C19H38O2. The first-order chi connectivity index (χ1) is 10.2. The van der Waals surface area contributed by atoms with Gasteiger partial charge in [0.05, 0.1) is 6.61 Å². The van der Waals surface area contributed by atoms with Crippen molar-refractivity contribution < 1.29 is 9.53 Å². The Kier molecular flexibility index (Phi) is 15.5. The number of carbonyl (C=O) groups is 1. The molecule has 2 heteroatoms. The second-order valence-electron chi connectivity index (χ2n) is 6.53. The molecule has 0 aromatic rings. The molecule has 0 saturated heterocycles. The second kappa shape index (κ2) is 15.9. The van der Waals surface area contributed by atoms with Crippen LogP contribution in [-0.2, 0) is 9.53 Å². The molecule has 0 saturated carbocycles. The fourth-order valence-electron chi connectivity index (χ4n) is 2.61. The van der Waals surface area contributed by atoms with E-state index in [2.05, 4.69) is 13.8 Å². The summed E-state index contributed by atoms with van der Waals surface area (Å²) in [4.78, 5) is 10.6. The predicted molar refractivity (Wildman–Crippen MR) is 91.5 cm³/mol. The van der Waals surface area contributed by atoms with Crippen LogP contribution in [-0.4, -0.2) is 12.6 Å². The van der Waals surface area contributed by atoms with Crippen LogP contribution in [0.1, 0.15) is 104 Å². The summed E-state index contributed by atoms with van der Waals surface area (Å²) >= 11 is 0. The molecule has 0 aromatic heterocycles. The van der Waals surface area contributed by atoms with E-state index < -0.39 is 0 Å². The second-order valence-corrected chi connectivity index (χ2v) is 6.53. The number of carbonyl (C=O) groups excluding carboxylic acids is 1. The monoisotopic (exact) mass is 298 g/mol. The number of hydrogen-bond donors (Lipinski definition) is 0. The van der Waals surface area contributed by atoms with E-state index in [9.17, 15) is 4.79 Å². The summed E-state index contributed by atoms with van der Waals surface area (Å²) < 4.78 is 4.92. The molecule has 0 N–H and O–H groups in total. The third-order valence-corrected chi connectivity index (χ3v) is 4.34. The van der Waals surface area contributed by atoms with Gasteiger partial charge in [-0.3, -0.25) is 4.79 Å². The van der Waals surface area contributed by atoms with Crippen LogP contribution in [0.2, 0.25) is 0 Å². The van der Waals surface area contributed by atoms with Gasteiger partial charge < -0.3 is 4.74 Å². The number of hydrogen-bond acceptors (Lipinski definition) is 2. The molecule has 2 nitrogen and oxygen atoms in total. The van der Waals surface area contributed by atoms with Gasteiger partial charge in [0.25, 0.3) is 0 Å². The first kappa shape index (κ1) is 20.5. The average molecular weight is 299 g/mol. The lowest BCUT2D eigenvalue weighted by Crippen LogP contribution is -2.00. The van der Waals surface area contributed by atoms with Gasteiger partial charge in [0.2, 0.25) is 0 Å². The zero-order valence-electron chi connectivity index (χ0n) is 14.8. The Bertz CT molecular complexity index is 226. The van der Waals surface area contributed by atoms with Crippen LogP contribution in [0.15, 0.2) is 0 Å². The molecule has 0 bridgehead atoms. The molecule has 0 spiro atoms. The maximum atomic E-state index is 10.6. The largest absolute Gasteiger partial charge is 0.466 e. The van der Waals surface area contributed by atoms with E-state index >= 15 is 0 Å². The van der Waals surface area contributed by atoms with E-state index in [4.69, 9.17) is 4.74 Å². The summed E-state index contributed by atoms with van der Waals surface area (Å²) in [6.07, 6.45) is 17.5. The van der Waals surface area contributed by atoms with Crippen molar-refractivity contribution in [2.45, 2.75) is 104 Å². The van der Waals surface area contributed by atoms with Gasteiger partial charge in [0.1, 0.15) is 0 Å². The molecule has 0 aliphatic carbocycles. The fourth-order valence-corrected chi connectivity index (χ4v) is 2.61. The lowest BCUT2D eigenvalue weighted by molar-refractivity contribution is -0.141. The van der Waals surface area contributed by atoms with Crippen molar-refractivity contribution >= 4 is 5.97 Å². The Morgan fingerprint density at radius 2 is 1.24 bits per heavy atom. The van der Waals surface area contributed by atoms with Gasteiger partial charge in [-0.25, -0.2) is 0 Å². The molecule has 0 aliphatic rings. The van der Waals surface area contributed by atoms with Gasteiger partial charge >= 0.3 is 5.97 Å². The number of unbranched alkanes of at least 4 members (excludes halogenated alkanes) is 10. The van der Waals surface area contributed by atoms with Crippen LogP contribution in [0, 0.1) is 5.92 Å². The Balaban J connectivity index is 3.01. The average Bonchev–Trinajstić information content (AvgIpc) is 2.46. The maximum absolute atomic E-state index is 10.6. The highest BCUT2D eigenvalue weighted by molar-refractivity contribution is 5.65. The van der Waals surface area contributed by atoms with Crippen molar-refractivity contribution in [2.24, 2.45) is 5.92 Å². The number of ether oxygens (including phenoxy) is 1. The summed E-state index contributed by atoms with van der Waals surface area (Å²) in [6, 6.07) is 0. The van der Waals surface area contributed by atoms with Gasteiger partial charge in [0.15, 0.2) is 0 Å². The summed E-state index contributed by atoms with van der Waals surface area (Å²) in [5.74, 6) is 0.769. The topological polar surface area (TPSA) is 26.3 Å². The normalized spacial score (nSPS) is 12.3. The Labute approximate surface area is 133 Å². The molecule has 0 fully saturated rings. The van der Waals surface area contributed by atoms with E-state index in [1.165, 1.54) is 84.0 Å². The Morgan fingerprint density at radius 1 is 0.810 bits per heavy atom. The minimum Gasteiger partial charge on any atom is -0.466 e. The van der Waals surface area contributed by atoms with E-state index in [0.29, 0.717) is 6.61 Å².